The molecule has 132 valence electrons. The van der Waals surface area contributed by atoms with Crippen LogP contribution >= 0.6 is 0 Å². The molecule has 0 heterocycles. The van der Waals surface area contributed by atoms with Crippen molar-refractivity contribution < 1.29 is 14.3 Å². The predicted octanol–water partition coefficient (Wildman–Crippen LogP) is 6.50. The van der Waals surface area contributed by atoms with Gasteiger partial charge in [-0.2, -0.15) is 0 Å². The average molecular weight is 315 g/mol. The highest BCUT2D eigenvalue weighted by Gasteiger charge is 2.12. The Morgan fingerprint density at radius 1 is 0.727 bits per heavy atom. The van der Waals surface area contributed by atoms with E-state index in [2.05, 4.69) is 13.8 Å². The van der Waals surface area contributed by atoms with Crippen LogP contribution in [0.2, 0.25) is 0 Å². The van der Waals surface area contributed by atoms with E-state index in [4.69, 9.17) is 9.47 Å². The van der Waals surface area contributed by atoms with Crippen LogP contribution in [0, 0.1) is 5.92 Å². The highest BCUT2D eigenvalue weighted by atomic mass is 16.7. The summed E-state index contributed by atoms with van der Waals surface area (Å²) in [5.74, 6) is 0.506. The van der Waals surface area contributed by atoms with E-state index in [-0.39, 0.29) is 0 Å². The summed E-state index contributed by atoms with van der Waals surface area (Å²) in [7, 11) is 0. The van der Waals surface area contributed by atoms with Crippen molar-refractivity contribution in [3.05, 3.63) is 0 Å². The summed E-state index contributed by atoms with van der Waals surface area (Å²) in [6.07, 6.45) is 14.4. The number of rotatable bonds is 15. The molecule has 0 aliphatic rings. The van der Waals surface area contributed by atoms with Crippen molar-refractivity contribution >= 4 is 6.16 Å². The van der Waals surface area contributed by atoms with Crippen molar-refractivity contribution in [3.8, 4) is 0 Å². The summed E-state index contributed by atoms with van der Waals surface area (Å²) in [6, 6.07) is 0. The van der Waals surface area contributed by atoms with Crippen LogP contribution in [-0.2, 0) is 9.47 Å². The van der Waals surface area contributed by atoms with Gasteiger partial charge in [0.2, 0.25) is 0 Å². The van der Waals surface area contributed by atoms with Gasteiger partial charge in [0, 0.05) is 0 Å². The first-order valence-corrected chi connectivity index (χ1v) is 9.54. The summed E-state index contributed by atoms with van der Waals surface area (Å²) < 4.78 is 10.2. The SMILES string of the molecule is CCCCCCCCC(CCCCC)COC(=O)OCCC. The molecule has 0 N–H and O–H groups in total. The van der Waals surface area contributed by atoms with E-state index in [0.717, 1.165) is 6.42 Å². The van der Waals surface area contributed by atoms with Crippen LogP contribution in [-0.4, -0.2) is 19.4 Å². The molecule has 3 heteroatoms. The fraction of sp³-hybridized carbons (Fsp3) is 0.947. The monoisotopic (exact) mass is 314 g/mol. The van der Waals surface area contributed by atoms with E-state index < -0.39 is 6.16 Å². The van der Waals surface area contributed by atoms with Gasteiger partial charge in [-0.1, -0.05) is 78.6 Å². The van der Waals surface area contributed by atoms with Crippen molar-refractivity contribution in [3.63, 3.8) is 0 Å². The van der Waals surface area contributed by atoms with Crippen molar-refractivity contribution in [2.45, 2.75) is 97.8 Å². The van der Waals surface area contributed by atoms with E-state index >= 15 is 0 Å². The first-order chi connectivity index (χ1) is 10.7. The molecule has 0 aromatic heterocycles. The number of carbonyl (C=O) groups excluding carboxylic acids is 1. The first-order valence-electron chi connectivity index (χ1n) is 9.54. The van der Waals surface area contributed by atoms with Crippen molar-refractivity contribution in [2.24, 2.45) is 5.92 Å². The van der Waals surface area contributed by atoms with Crippen LogP contribution in [0.5, 0.6) is 0 Å². The molecule has 0 fully saturated rings. The molecule has 0 saturated carbocycles. The van der Waals surface area contributed by atoms with Crippen LogP contribution in [0.4, 0.5) is 4.79 Å². The average Bonchev–Trinajstić information content (AvgIpc) is 2.53. The van der Waals surface area contributed by atoms with Gasteiger partial charge in [0.15, 0.2) is 0 Å². The number of ether oxygens (including phenoxy) is 2. The van der Waals surface area contributed by atoms with E-state index in [1.165, 1.54) is 70.6 Å². The molecule has 1 unspecified atom stereocenters. The molecule has 0 aliphatic carbocycles. The molecule has 0 spiro atoms. The number of unbranched alkanes of at least 4 members (excludes halogenated alkanes) is 7. The van der Waals surface area contributed by atoms with Gasteiger partial charge in [0.05, 0.1) is 13.2 Å². The largest absolute Gasteiger partial charge is 0.508 e. The topological polar surface area (TPSA) is 35.5 Å². The lowest BCUT2D eigenvalue weighted by Crippen LogP contribution is -2.16. The molecule has 0 saturated heterocycles. The fourth-order valence-electron chi connectivity index (χ4n) is 2.62. The highest BCUT2D eigenvalue weighted by Crippen LogP contribution is 2.19. The Bertz CT molecular complexity index is 241. The minimum Gasteiger partial charge on any atom is -0.434 e. The Hall–Kier alpha value is -0.730. The lowest BCUT2D eigenvalue weighted by atomic mass is 9.95. The Kier molecular flexibility index (Phi) is 16.1. The predicted molar refractivity (Wildman–Crippen MR) is 93.2 cm³/mol. The molecule has 1 atom stereocenters. The molecule has 3 nitrogen and oxygen atoms in total. The second kappa shape index (κ2) is 16.6. The molecule has 0 radical (unpaired) electrons. The minimum absolute atomic E-state index is 0.455. The van der Waals surface area contributed by atoms with Gasteiger partial charge in [0.25, 0.3) is 0 Å². The zero-order valence-corrected chi connectivity index (χ0v) is 15.2. The molecular weight excluding hydrogens is 276 g/mol. The zero-order chi connectivity index (χ0) is 16.5. The van der Waals surface area contributed by atoms with E-state index in [1.54, 1.807) is 0 Å². The lowest BCUT2D eigenvalue weighted by Gasteiger charge is -2.16. The summed E-state index contributed by atoms with van der Waals surface area (Å²) in [6.45, 7) is 7.44. The van der Waals surface area contributed by atoms with Crippen LogP contribution < -0.4 is 0 Å². The molecule has 22 heavy (non-hydrogen) atoms. The van der Waals surface area contributed by atoms with E-state index in [0.29, 0.717) is 19.1 Å². The second-order valence-corrected chi connectivity index (χ2v) is 6.33. The summed E-state index contributed by atoms with van der Waals surface area (Å²) in [5, 5.41) is 0. The van der Waals surface area contributed by atoms with Gasteiger partial charge in [-0.15, -0.1) is 0 Å². The van der Waals surface area contributed by atoms with Gasteiger partial charge in [-0.3, -0.25) is 0 Å². The number of hydrogen-bond donors (Lipinski definition) is 0. The van der Waals surface area contributed by atoms with Gasteiger partial charge < -0.3 is 9.47 Å². The smallest absolute Gasteiger partial charge is 0.434 e. The van der Waals surface area contributed by atoms with Crippen molar-refractivity contribution in [2.75, 3.05) is 13.2 Å². The lowest BCUT2D eigenvalue weighted by molar-refractivity contribution is 0.0417. The van der Waals surface area contributed by atoms with Gasteiger partial charge >= 0.3 is 6.16 Å². The standard InChI is InChI=1S/C19H38O3/c1-4-7-9-10-11-13-15-18(14-12-8-5-2)17-22-19(20)21-16-6-3/h18H,4-17H2,1-3H3. The second-order valence-electron chi connectivity index (χ2n) is 6.33. The van der Waals surface area contributed by atoms with Crippen LogP contribution in [0.1, 0.15) is 97.8 Å². The first kappa shape index (κ1) is 21.3. The maximum Gasteiger partial charge on any atom is 0.508 e. The van der Waals surface area contributed by atoms with Crippen LogP contribution in [0.15, 0.2) is 0 Å². The Morgan fingerprint density at radius 3 is 1.91 bits per heavy atom. The zero-order valence-electron chi connectivity index (χ0n) is 15.2. The third-order valence-electron chi connectivity index (χ3n) is 4.04. The Balaban J connectivity index is 3.85. The van der Waals surface area contributed by atoms with Crippen molar-refractivity contribution in [1.82, 2.24) is 0 Å². The maximum atomic E-state index is 11.4. The Morgan fingerprint density at radius 2 is 1.27 bits per heavy atom. The van der Waals surface area contributed by atoms with E-state index in [1.807, 2.05) is 6.92 Å². The minimum atomic E-state index is -0.495. The molecule has 0 amide bonds. The quantitative estimate of drug-likeness (QED) is 0.256. The maximum absolute atomic E-state index is 11.4. The van der Waals surface area contributed by atoms with Gasteiger partial charge in [-0.05, 0) is 25.2 Å². The molecule has 0 aromatic carbocycles. The fourth-order valence-corrected chi connectivity index (χ4v) is 2.62. The van der Waals surface area contributed by atoms with Crippen LogP contribution in [0.25, 0.3) is 0 Å². The van der Waals surface area contributed by atoms with Crippen molar-refractivity contribution in [1.29, 1.82) is 0 Å². The van der Waals surface area contributed by atoms with Gasteiger partial charge in [0.1, 0.15) is 0 Å². The third-order valence-corrected chi connectivity index (χ3v) is 4.04. The summed E-state index contributed by atoms with van der Waals surface area (Å²) in [4.78, 5) is 11.4. The number of carbonyl (C=O) groups is 1. The molecular formula is C19H38O3. The normalized spacial score (nSPS) is 12.1. The van der Waals surface area contributed by atoms with E-state index in [9.17, 15) is 4.79 Å². The molecule has 0 rings (SSSR count). The Labute approximate surface area is 138 Å². The summed E-state index contributed by atoms with van der Waals surface area (Å²) in [5.41, 5.74) is 0. The van der Waals surface area contributed by atoms with Gasteiger partial charge in [-0.25, -0.2) is 4.79 Å². The summed E-state index contributed by atoms with van der Waals surface area (Å²) >= 11 is 0. The molecule has 0 aromatic rings. The molecule has 0 aliphatic heterocycles. The highest BCUT2D eigenvalue weighted by molar-refractivity contribution is 5.59. The number of hydrogen-bond acceptors (Lipinski definition) is 3. The third kappa shape index (κ3) is 14.2. The molecule has 0 bridgehead atoms. The van der Waals surface area contributed by atoms with Crippen LogP contribution in [0.3, 0.4) is 0 Å².